The minimum absolute atomic E-state index is 0.0432. The molecule has 1 aromatic carbocycles. The molecule has 35 heavy (non-hydrogen) atoms. The molecule has 0 radical (unpaired) electrons. The Morgan fingerprint density at radius 3 is 2.74 bits per heavy atom. The number of benzene rings is 1. The molecule has 182 valence electrons. The second-order valence-corrected chi connectivity index (χ2v) is 9.36. The summed E-state index contributed by atoms with van der Waals surface area (Å²) >= 11 is 0. The van der Waals surface area contributed by atoms with Crippen molar-refractivity contribution >= 4 is 34.0 Å². The summed E-state index contributed by atoms with van der Waals surface area (Å²) < 4.78 is 0. The number of carbonyl (C=O) groups excluding carboxylic acids is 1. The fourth-order valence-corrected chi connectivity index (χ4v) is 4.99. The molecule has 4 heterocycles. The number of pyridine rings is 2. The van der Waals surface area contributed by atoms with Crippen LogP contribution < -0.4 is 21.1 Å². The number of aromatic nitrogens is 2. The Kier molecular flexibility index (Phi) is 6.81. The maximum Gasteiger partial charge on any atom is 0.259 e. The van der Waals surface area contributed by atoms with Gasteiger partial charge in [0.15, 0.2) is 0 Å². The molecular formula is C27H32N6O2. The van der Waals surface area contributed by atoms with Crippen LogP contribution in [-0.2, 0) is 11.2 Å². The molecule has 1 amide bonds. The molecule has 5 rings (SSSR count). The SMILES string of the molecule is C=CC(=O)NC1CCN(c2cc(Nc3ccc(CCN4CCCC4)cc3)c3c(=O)[nH]ccc3n2)C1. The maximum atomic E-state index is 12.7. The second-order valence-electron chi connectivity index (χ2n) is 9.36. The molecule has 0 spiro atoms. The highest BCUT2D eigenvalue weighted by atomic mass is 16.1. The van der Waals surface area contributed by atoms with Crippen molar-refractivity contribution in [3.63, 3.8) is 0 Å². The summed E-state index contributed by atoms with van der Waals surface area (Å²) in [5, 5.41) is 6.94. The first-order valence-electron chi connectivity index (χ1n) is 12.4. The number of H-pyrrole nitrogens is 1. The number of nitrogens with zero attached hydrogens (tertiary/aromatic N) is 3. The van der Waals surface area contributed by atoms with Gasteiger partial charge >= 0.3 is 0 Å². The monoisotopic (exact) mass is 472 g/mol. The quantitative estimate of drug-likeness (QED) is 0.436. The number of nitrogens with one attached hydrogen (secondary N) is 3. The third kappa shape index (κ3) is 5.38. The van der Waals surface area contributed by atoms with Crippen molar-refractivity contribution in [2.24, 2.45) is 0 Å². The lowest BCUT2D eigenvalue weighted by molar-refractivity contribution is -0.117. The molecule has 2 aromatic heterocycles. The molecule has 1 unspecified atom stereocenters. The van der Waals surface area contributed by atoms with Crippen LogP contribution in [0.15, 0.2) is 60.0 Å². The van der Waals surface area contributed by atoms with Crippen LogP contribution in [0.3, 0.4) is 0 Å². The standard InChI is InChI=1S/C27H32N6O2/c1-2-25(34)30-21-11-16-33(18-21)24-17-23(26-22(31-24)9-12-28-27(26)35)29-20-7-5-19(6-8-20)10-15-32-13-3-4-14-32/h2,5-9,12,17,21H,1,3-4,10-11,13-16,18H2,(H,28,35)(H,29,31)(H,30,34). The average Bonchev–Trinajstić information content (AvgIpc) is 3.56. The minimum atomic E-state index is -0.177. The van der Waals surface area contributed by atoms with Gasteiger partial charge in [0.25, 0.3) is 5.56 Å². The smallest absolute Gasteiger partial charge is 0.259 e. The highest BCUT2D eigenvalue weighted by Gasteiger charge is 2.25. The first-order chi connectivity index (χ1) is 17.1. The van der Waals surface area contributed by atoms with E-state index in [4.69, 9.17) is 4.98 Å². The van der Waals surface area contributed by atoms with Gasteiger partial charge in [-0.25, -0.2) is 4.98 Å². The Bertz CT molecular complexity index is 1260. The van der Waals surface area contributed by atoms with Gasteiger partial charge in [-0.05, 0) is 68.6 Å². The first-order valence-corrected chi connectivity index (χ1v) is 12.4. The van der Waals surface area contributed by atoms with Crippen molar-refractivity contribution in [2.45, 2.75) is 31.7 Å². The van der Waals surface area contributed by atoms with Crippen molar-refractivity contribution in [3.8, 4) is 0 Å². The third-order valence-electron chi connectivity index (χ3n) is 6.91. The van der Waals surface area contributed by atoms with E-state index in [9.17, 15) is 9.59 Å². The molecule has 8 heteroatoms. The molecule has 2 aliphatic heterocycles. The van der Waals surface area contributed by atoms with E-state index in [1.807, 2.05) is 12.1 Å². The van der Waals surface area contributed by atoms with E-state index in [0.29, 0.717) is 17.4 Å². The lowest BCUT2D eigenvalue weighted by atomic mass is 10.1. The number of hydrogen-bond donors (Lipinski definition) is 3. The van der Waals surface area contributed by atoms with Crippen LogP contribution in [0.2, 0.25) is 0 Å². The normalized spacial score (nSPS) is 18.2. The van der Waals surface area contributed by atoms with E-state index >= 15 is 0 Å². The average molecular weight is 473 g/mol. The van der Waals surface area contributed by atoms with Crippen LogP contribution in [0.4, 0.5) is 17.2 Å². The number of aromatic amines is 1. The molecule has 1 atom stereocenters. The summed E-state index contributed by atoms with van der Waals surface area (Å²) in [5.41, 5.74) is 3.41. The molecule has 0 bridgehead atoms. The lowest BCUT2D eigenvalue weighted by Crippen LogP contribution is -2.36. The van der Waals surface area contributed by atoms with Gasteiger partial charge in [-0.3, -0.25) is 9.59 Å². The van der Waals surface area contributed by atoms with Gasteiger partial charge in [0.1, 0.15) is 5.82 Å². The molecule has 0 aliphatic carbocycles. The lowest BCUT2D eigenvalue weighted by Gasteiger charge is -2.20. The fraction of sp³-hybridized carbons (Fsp3) is 0.370. The van der Waals surface area contributed by atoms with Gasteiger partial charge in [0.05, 0.1) is 16.6 Å². The molecule has 2 aliphatic rings. The molecule has 3 N–H and O–H groups in total. The molecule has 8 nitrogen and oxygen atoms in total. The molecule has 0 saturated carbocycles. The predicted octanol–water partition coefficient (Wildman–Crippen LogP) is 3.19. The van der Waals surface area contributed by atoms with Crippen molar-refractivity contribution < 1.29 is 4.79 Å². The Labute approximate surface area is 205 Å². The Morgan fingerprint density at radius 2 is 1.97 bits per heavy atom. The van der Waals surface area contributed by atoms with Gasteiger partial charge in [0.2, 0.25) is 5.91 Å². The summed E-state index contributed by atoms with van der Waals surface area (Å²) in [7, 11) is 0. The highest BCUT2D eigenvalue weighted by Crippen LogP contribution is 2.29. The third-order valence-corrected chi connectivity index (χ3v) is 6.91. The topological polar surface area (TPSA) is 93.4 Å². The van der Waals surface area contributed by atoms with Crippen LogP contribution in [0.5, 0.6) is 0 Å². The number of anilines is 3. The molecule has 3 aromatic rings. The van der Waals surface area contributed by atoms with Crippen LogP contribution in [0.1, 0.15) is 24.8 Å². The number of hydrogen-bond acceptors (Lipinski definition) is 6. The fourth-order valence-electron chi connectivity index (χ4n) is 4.99. The van der Waals surface area contributed by atoms with Crippen molar-refractivity contribution in [1.29, 1.82) is 0 Å². The summed E-state index contributed by atoms with van der Waals surface area (Å²) in [6.45, 7) is 8.48. The van der Waals surface area contributed by atoms with Crippen LogP contribution in [-0.4, -0.2) is 59.5 Å². The Morgan fingerprint density at radius 1 is 1.17 bits per heavy atom. The molecule has 2 fully saturated rings. The molecular weight excluding hydrogens is 440 g/mol. The van der Waals surface area contributed by atoms with Crippen molar-refractivity contribution in [1.82, 2.24) is 20.2 Å². The largest absolute Gasteiger partial charge is 0.355 e. The molecule has 2 saturated heterocycles. The predicted molar refractivity (Wildman–Crippen MR) is 140 cm³/mol. The summed E-state index contributed by atoms with van der Waals surface area (Å²) in [4.78, 5) is 36.6. The van der Waals surface area contributed by atoms with Gasteiger partial charge in [-0.15, -0.1) is 0 Å². The van der Waals surface area contributed by atoms with Crippen LogP contribution >= 0.6 is 0 Å². The number of rotatable bonds is 8. The van der Waals surface area contributed by atoms with Crippen LogP contribution in [0.25, 0.3) is 10.9 Å². The first kappa shape index (κ1) is 23.1. The van der Waals surface area contributed by atoms with E-state index in [1.54, 1.807) is 6.20 Å². The van der Waals surface area contributed by atoms with E-state index in [0.717, 1.165) is 43.1 Å². The van der Waals surface area contributed by atoms with Gasteiger partial charge in [-0.1, -0.05) is 18.7 Å². The Balaban J connectivity index is 1.35. The van der Waals surface area contributed by atoms with E-state index in [2.05, 4.69) is 56.3 Å². The van der Waals surface area contributed by atoms with Crippen molar-refractivity contribution in [2.75, 3.05) is 42.9 Å². The number of fused-ring (bicyclic) bond motifs is 1. The zero-order valence-corrected chi connectivity index (χ0v) is 19.9. The van der Waals surface area contributed by atoms with Gasteiger partial charge in [-0.2, -0.15) is 0 Å². The maximum absolute atomic E-state index is 12.7. The zero-order valence-electron chi connectivity index (χ0n) is 19.9. The van der Waals surface area contributed by atoms with Crippen molar-refractivity contribution in [3.05, 3.63) is 71.2 Å². The number of amides is 1. The number of likely N-dealkylation sites (tertiary alicyclic amines) is 1. The van der Waals surface area contributed by atoms with E-state index in [1.165, 1.54) is 37.6 Å². The number of carbonyl (C=O) groups is 1. The second kappa shape index (κ2) is 10.3. The van der Waals surface area contributed by atoms with E-state index < -0.39 is 0 Å². The summed E-state index contributed by atoms with van der Waals surface area (Å²) in [5.74, 6) is 0.615. The minimum Gasteiger partial charge on any atom is -0.355 e. The van der Waals surface area contributed by atoms with Gasteiger partial charge < -0.3 is 25.4 Å². The highest BCUT2D eigenvalue weighted by molar-refractivity contribution is 5.94. The zero-order chi connectivity index (χ0) is 24.2. The summed E-state index contributed by atoms with van der Waals surface area (Å²) in [6.07, 6.45) is 7.41. The Hall–Kier alpha value is -3.65. The van der Waals surface area contributed by atoms with Gasteiger partial charge in [0, 0.05) is 43.6 Å². The van der Waals surface area contributed by atoms with E-state index in [-0.39, 0.29) is 17.5 Å². The van der Waals surface area contributed by atoms with Crippen LogP contribution in [0, 0.1) is 0 Å². The summed E-state index contributed by atoms with van der Waals surface area (Å²) in [6, 6.07) is 12.2.